The summed E-state index contributed by atoms with van der Waals surface area (Å²) < 4.78 is 37.8. The Labute approximate surface area is 191 Å². The smallest absolute Gasteiger partial charge is 0.326 e. The molecule has 1 N–H and O–H groups in total. The van der Waals surface area contributed by atoms with E-state index < -0.39 is 21.6 Å². The summed E-state index contributed by atoms with van der Waals surface area (Å²) >= 11 is 0. The van der Waals surface area contributed by atoms with Crippen LogP contribution in [0, 0.1) is 0 Å². The lowest BCUT2D eigenvalue weighted by atomic mass is 9.92. The molecule has 3 aliphatic rings. The van der Waals surface area contributed by atoms with Crippen molar-refractivity contribution in [3.05, 3.63) is 54.1 Å². The van der Waals surface area contributed by atoms with Gasteiger partial charge in [-0.25, -0.2) is 18.1 Å². The summed E-state index contributed by atoms with van der Waals surface area (Å²) in [6, 6.07) is 13.0. The highest BCUT2D eigenvalue weighted by molar-refractivity contribution is 7.89. The van der Waals surface area contributed by atoms with Crippen LogP contribution in [0.5, 0.6) is 11.5 Å². The molecule has 0 aliphatic carbocycles. The minimum Gasteiger partial charge on any atom is -0.454 e. The highest BCUT2D eigenvalue weighted by Crippen LogP contribution is 2.37. The van der Waals surface area contributed by atoms with E-state index in [1.807, 2.05) is 4.90 Å². The Hall–Kier alpha value is -3.15. The number of rotatable bonds is 5. The summed E-state index contributed by atoms with van der Waals surface area (Å²) in [5, 5.41) is 2.79. The van der Waals surface area contributed by atoms with Crippen LogP contribution in [0.3, 0.4) is 0 Å². The van der Waals surface area contributed by atoms with Gasteiger partial charge < -0.3 is 14.8 Å². The Balaban J connectivity index is 1.25. The molecular formula is C22H24N4O6S. The maximum Gasteiger partial charge on any atom is 0.326 e. The summed E-state index contributed by atoms with van der Waals surface area (Å²) in [5.74, 6) is 0.759. The summed E-state index contributed by atoms with van der Waals surface area (Å²) in [6.45, 7) is 3.24. The number of piperazine rings is 1. The number of sulfonamides is 1. The Morgan fingerprint density at radius 2 is 1.67 bits per heavy atom. The topological polar surface area (TPSA) is 108 Å². The fourth-order valence-electron chi connectivity index (χ4n) is 4.28. The Morgan fingerprint density at radius 3 is 2.39 bits per heavy atom. The third-order valence-electron chi connectivity index (χ3n) is 6.28. The molecule has 2 fully saturated rings. The second kappa shape index (κ2) is 8.01. The van der Waals surface area contributed by atoms with Gasteiger partial charge in [0.2, 0.25) is 16.8 Å². The number of imide groups is 1. The van der Waals surface area contributed by atoms with E-state index in [2.05, 4.69) is 5.32 Å². The predicted octanol–water partition coefficient (Wildman–Crippen LogP) is 1.15. The van der Waals surface area contributed by atoms with E-state index in [1.165, 1.54) is 9.21 Å². The molecule has 0 aromatic heterocycles. The van der Waals surface area contributed by atoms with Crippen molar-refractivity contribution in [1.29, 1.82) is 0 Å². The lowest BCUT2D eigenvalue weighted by Gasteiger charge is -2.35. The lowest BCUT2D eigenvalue weighted by Crippen LogP contribution is -2.52. The number of carbonyl (C=O) groups excluding carboxylic acids is 2. The van der Waals surface area contributed by atoms with Crippen LogP contribution in [0.25, 0.3) is 0 Å². The molecular weight excluding hydrogens is 448 g/mol. The fourth-order valence-corrected chi connectivity index (χ4v) is 5.72. The molecule has 2 saturated heterocycles. The van der Waals surface area contributed by atoms with Gasteiger partial charge in [-0.2, -0.15) is 4.31 Å². The largest absolute Gasteiger partial charge is 0.454 e. The number of fused-ring (bicyclic) bond motifs is 1. The molecule has 3 aliphatic heterocycles. The molecule has 11 heteroatoms. The van der Waals surface area contributed by atoms with E-state index in [4.69, 9.17) is 9.47 Å². The normalized spacial score (nSPS) is 23.7. The highest BCUT2D eigenvalue weighted by atomic mass is 32.2. The molecule has 174 valence electrons. The first-order valence-corrected chi connectivity index (χ1v) is 12.0. The molecule has 2 aromatic carbocycles. The number of nitrogens with zero attached hydrogens (tertiary/aromatic N) is 3. The summed E-state index contributed by atoms with van der Waals surface area (Å²) in [5.41, 5.74) is -0.623. The first-order valence-electron chi connectivity index (χ1n) is 10.6. The number of amides is 3. The van der Waals surface area contributed by atoms with Gasteiger partial charge in [0, 0.05) is 26.2 Å². The number of carbonyl (C=O) groups is 2. The number of ether oxygens (including phenoxy) is 2. The first kappa shape index (κ1) is 21.7. The van der Waals surface area contributed by atoms with Crippen LogP contribution in [-0.2, 0) is 20.4 Å². The standard InChI is InChI=1S/C22H24N4O6S/c1-22(16-7-8-18-19(13-16)32-15-31-18)20(27)26(21(28)23-22)14-24-9-11-25(12-10-24)33(29,30)17-5-3-2-4-6-17/h2-8,13H,9-12,14-15H2,1H3,(H,23,28)/t22-/m0/s1. The molecule has 0 radical (unpaired) electrons. The maximum absolute atomic E-state index is 13.3. The van der Waals surface area contributed by atoms with Crippen LogP contribution < -0.4 is 14.8 Å². The molecule has 0 saturated carbocycles. The van der Waals surface area contributed by atoms with E-state index in [0.29, 0.717) is 30.2 Å². The zero-order chi connectivity index (χ0) is 23.2. The zero-order valence-electron chi connectivity index (χ0n) is 18.1. The highest BCUT2D eigenvalue weighted by Gasteiger charge is 2.50. The number of nitrogens with one attached hydrogen (secondary N) is 1. The number of hydrogen-bond donors (Lipinski definition) is 1. The molecule has 3 amide bonds. The number of hydrogen-bond acceptors (Lipinski definition) is 7. The van der Waals surface area contributed by atoms with Crippen molar-refractivity contribution in [2.75, 3.05) is 39.6 Å². The number of benzene rings is 2. The molecule has 5 rings (SSSR count). The van der Waals surface area contributed by atoms with Gasteiger partial charge in [-0.15, -0.1) is 0 Å². The minimum atomic E-state index is -3.57. The van der Waals surface area contributed by atoms with Crippen LogP contribution >= 0.6 is 0 Å². The zero-order valence-corrected chi connectivity index (χ0v) is 18.9. The van der Waals surface area contributed by atoms with Gasteiger partial charge in [0.1, 0.15) is 5.54 Å². The minimum absolute atomic E-state index is 0.0873. The quantitative estimate of drug-likeness (QED) is 0.650. The van der Waals surface area contributed by atoms with E-state index >= 15 is 0 Å². The lowest BCUT2D eigenvalue weighted by molar-refractivity contribution is -0.132. The molecule has 0 unspecified atom stereocenters. The Morgan fingerprint density at radius 1 is 0.970 bits per heavy atom. The maximum atomic E-state index is 13.3. The van der Waals surface area contributed by atoms with Crippen LogP contribution in [0.15, 0.2) is 53.4 Å². The van der Waals surface area contributed by atoms with E-state index in [-0.39, 0.29) is 37.4 Å². The van der Waals surface area contributed by atoms with Crippen molar-refractivity contribution in [3.63, 3.8) is 0 Å². The molecule has 10 nitrogen and oxygen atoms in total. The van der Waals surface area contributed by atoms with Gasteiger partial charge in [0.05, 0.1) is 11.6 Å². The van der Waals surface area contributed by atoms with Gasteiger partial charge in [-0.3, -0.25) is 9.69 Å². The number of urea groups is 1. The first-order chi connectivity index (χ1) is 15.8. The van der Waals surface area contributed by atoms with Crippen LogP contribution in [0.2, 0.25) is 0 Å². The van der Waals surface area contributed by atoms with E-state index in [1.54, 1.807) is 55.5 Å². The third kappa shape index (κ3) is 3.71. The van der Waals surface area contributed by atoms with Gasteiger partial charge >= 0.3 is 6.03 Å². The SMILES string of the molecule is C[C@@]1(c2ccc3c(c2)OCO3)NC(=O)N(CN2CCN(S(=O)(=O)c3ccccc3)CC2)C1=O. The average molecular weight is 473 g/mol. The monoisotopic (exact) mass is 472 g/mol. The second-order valence-corrected chi connectivity index (χ2v) is 10.3. The molecule has 3 heterocycles. The van der Waals surface area contributed by atoms with Crippen LogP contribution in [0.1, 0.15) is 12.5 Å². The Bertz CT molecular complexity index is 1200. The van der Waals surface area contributed by atoms with Crippen LogP contribution in [0.4, 0.5) is 4.79 Å². The van der Waals surface area contributed by atoms with E-state index in [0.717, 1.165) is 0 Å². The van der Waals surface area contributed by atoms with Gasteiger partial charge in [0.25, 0.3) is 5.91 Å². The Kier molecular flexibility index (Phi) is 5.26. The summed E-state index contributed by atoms with van der Waals surface area (Å²) in [7, 11) is -3.57. The molecule has 1 atom stereocenters. The van der Waals surface area contributed by atoms with Crippen molar-refractivity contribution in [1.82, 2.24) is 19.4 Å². The third-order valence-corrected chi connectivity index (χ3v) is 8.19. The predicted molar refractivity (Wildman–Crippen MR) is 117 cm³/mol. The summed E-state index contributed by atoms with van der Waals surface area (Å²) in [6.07, 6.45) is 0. The van der Waals surface area contributed by atoms with Crippen molar-refractivity contribution in [2.45, 2.75) is 17.4 Å². The van der Waals surface area contributed by atoms with E-state index in [9.17, 15) is 18.0 Å². The van der Waals surface area contributed by atoms with Gasteiger partial charge in [0.15, 0.2) is 11.5 Å². The van der Waals surface area contributed by atoms with Gasteiger partial charge in [-0.05, 0) is 36.8 Å². The molecule has 0 spiro atoms. The van der Waals surface area contributed by atoms with Crippen molar-refractivity contribution < 1.29 is 27.5 Å². The molecule has 2 aromatic rings. The van der Waals surface area contributed by atoms with Crippen molar-refractivity contribution >= 4 is 22.0 Å². The average Bonchev–Trinajstić information content (AvgIpc) is 3.38. The van der Waals surface area contributed by atoms with Crippen molar-refractivity contribution in [3.8, 4) is 11.5 Å². The molecule has 33 heavy (non-hydrogen) atoms. The fraction of sp³-hybridized carbons (Fsp3) is 0.364. The van der Waals surface area contributed by atoms with Crippen molar-refractivity contribution in [2.24, 2.45) is 0 Å². The second-order valence-electron chi connectivity index (χ2n) is 8.33. The molecule has 0 bridgehead atoms. The van der Waals surface area contributed by atoms with Crippen LogP contribution in [-0.4, -0.2) is 74.1 Å². The van der Waals surface area contributed by atoms with Gasteiger partial charge in [-0.1, -0.05) is 24.3 Å². The summed E-state index contributed by atoms with van der Waals surface area (Å²) in [4.78, 5) is 29.3.